The van der Waals surface area contributed by atoms with Crippen LogP contribution >= 0.6 is 0 Å². The van der Waals surface area contributed by atoms with Gasteiger partial charge in [-0.15, -0.1) is 0 Å². The number of hydrogen-bond donors (Lipinski definition) is 0. The van der Waals surface area contributed by atoms with Crippen molar-refractivity contribution in [2.24, 2.45) is 16.8 Å². The zero-order valence-corrected chi connectivity index (χ0v) is 7.80. The lowest BCUT2D eigenvalue weighted by atomic mass is 9.77. The fourth-order valence-corrected chi connectivity index (χ4v) is 2.19. The Balaban J connectivity index is 2.08. The highest BCUT2D eigenvalue weighted by atomic mass is 14.8. The van der Waals surface area contributed by atoms with Crippen LogP contribution in [-0.4, -0.2) is 6.21 Å². The number of allylic oxidation sites excluding steroid dienone is 9. The first-order chi connectivity index (χ1) is 6.95. The summed E-state index contributed by atoms with van der Waals surface area (Å²) in [5.41, 5.74) is 2.57. The smallest absolute Gasteiger partial charge is 0.0481 e. The number of hydrogen-bond acceptors (Lipinski definition) is 1. The van der Waals surface area contributed by atoms with Crippen molar-refractivity contribution < 1.29 is 0 Å². The molecule has 0 aromatic rings. The van der Waals surface area contributed by atoms with Crippen molar-refractivity contribution in [3.05, 3.63) is 59.9 Å². The second-order valence-corrected chi connectivity index (χ2v) is 3.72. The maximum atomic E-state index is 4.39. The van der Waals surface area contributed by atoms with E-state index in [1.54, 1.807) is 0 Å². The molecule has 3 aliphatic rings. The number of dihydropyridines is 1. The van der Waals surface area contributed by atoms with Crippen LogP contribution in [-0.2, 0) is 0 Å². The van der Waals surface area contributed by atoms with Crippen molar-refractivity contribution in [3.63, 3.8) is 0 Å². The van der Waals surface area contributed by atoms with Crippen LogP contribution in [0.15, 0.2) is 64.9 Å². The van der Waals surface area contributed by atoms with Gasteiger partial charge in [0.05, 0.1) is 0 Å². The van der Waals surface area contributed by atoms with E-state index in [-0.39, 0.29) is 0 Å². The van der Waals surface area contributed by atoms with Crippen molar-refractivity contribution in [2.75, 3.05) is 0 Å². The molecule has 1 aliphatic heterocycles. The summed E-state index contributed by atoms with van der Waals surface area (Å²) >= 11 is 0. The third-order valence-electron chi connectivity index (χ3n) is 2.91. The molecule has 0 saturated carbocycles. The second kappa shape index (κ2) is 2.95. The molecule has 0 aromatic heterocycles. The first-order valence-corrected chi connectivity index (χ1v) is 4.93. The predicted octanol–water partition coefficient (Wildman–Crippen LogP) is 2.81. The monoisotopic (exact) mass is 181 g/mol. The lowest BCUT2D eigenvalue weighted by Gasteiger charge is -2.29. The fourth-order valence-electron chi connectivity index (χ4n) is 2.19. The highest BCUT2D eigenvalue weighted by Gasteiger charge is 2.27. The fraction of sp³-hybridized carbons (Fsp3) is 0.154. The van der Waals surface area contributed by atoms with Gasteiger partial charge in [0.1, 0.15) is 0 Å². The quantitative estimate of drug-likeness (QED) is 0.545. The van der Waals surface area contributed by atoms with E-state index in [9.17, 15) is 0 Å². The largest absolute Gasteiger partial charge is 0.261 e. The lowest BCUT2D eigenvalue weighted by Crippen LogP contribution is -2.19. The normalized spacial score (nSPS) is 32.0. The molecule has 0 fully saturated rings. The first-order valence-electron chi connectivity index (χ1n) is 4.93. The average Bonchev–Trinajstić information content (AvgIpc) is 2.29. The molecule has 68 valence electrons. The van der Waals surface area contributed by atoms with Crippen molar-refractivity contribution in [1.29, 1.82) is 0 Å². The Morgan fingerprint density at radius 3 is 2.86 bits per heavy atom. The second-order valence-electron chi connectivity index (χ2n) is 3.72. The zero-order valence-electron chi connectivity index (χ0n) is 7.80. The van der Waals surface area contributed by atoms with Gasteiger partial charge in [-0.3, -0.25) is 4.99 Å². The van der Waals surface area contributed by atoms with E-state index in [1.807, 2.05) is 12.3 Å². The molecule has 3 rings (SSSR count). The molecule has 0 saturated heterocycles. The minimum absolute atomic E-state index is 0.446. The maximum absolute atomic E-state index is 4.39. The third kappa shape index (κ3) is 1.06. The Labute approximate surface area is 83.5 Å². The minimum Gasteiger partial charge on any atom is -0.261 e. The van der Waals surface area contributed by atoms with E-state index >= 15 is 0 Å². The Bertz CT molecular complexity index is 388. The number of aliphatic imine (C=N–C) groups is 1. The van der Waals surface area contributed by atoms with Crippen LogP contribution in [0.3, 0.4) is 0 Å². The van der Waals surface area contributed by atoms with Crippen LogP contribution in [0.25, 0.3) is 0 Å². The average molecular weight is 181 g/mol. The highest BCUT2D eigenvalue weighted by molar-refractivity contribution is 5.74. The first kappa shape index (κ1) is 7.74. The molecular weight excluding hydrogens is 170 g/mol. The number of nitrogens with zero attached hydrogens (tertiary/aromatic N) is 1. The molecule has 1 nitrogen and oxygen atoms in total. The van der Waals surface area contributed by atoms with Crippen LogP contribution in [0.2, 0.25) is 0 Å². The molecule has 1 heterocycles. The highest BCUT2D eigenvalue weighted by Crippen LogP contribution is 2.37. The van der Waals surface area contributed by atoms with Gasteiger partial charge in [0.2, 0.25) is 0 Å². The van der Waals surface area contributed by atoms with E-state index in [0.717, 1.165) is 0 Å². The summed E-state index contributed by atoms with van der Waals surface area (Å²) in [6.45, 7) is 0. The standard InChI is InChI=1S/C13H11N/c1-2-5-11-10(4-1)7-8-13-12(11)6-3-9-14-13/h1-9,11-12H. The van der Waals surface area contributed by atoms with Crippen molar-refractivity contribution in [2.45, 2.75) is 0 Å². The third-order valence-corrected chi connectivity index (χ3v) is 2.91. The summed E-state index contributed by atoms with van der Waals surface area (Å²) in [4.78, 5) is 4.39. The Kier molecular flexibility index (Phi) is 1.63. The Morgan fingerprint density at radius 1 is 0.929 bits per heavy atom. The summed E-state index contributed by atoms with van der Waals surface area (Å²) in [5, 5.41) is 0. The van der Waals surface area contributed by atoms with Crippen LogP contribution in [0.5, 0.6) is 0 Å². The van der Waals surface area contributed by atoms with Crippen LogP contribution in [0.1, 0.15) is 0 Å². The summed E-state index contributed by atoms with van der Waals surface area (Å²) in [5.74, 6) is 0.940. The molecular formula is C13H11N. The van der Waals surface area contributed by atoms with Gasteiger partial charge in [-0.1, -0.05) is 36.5 Å². The summed E-state index contributed by atoms with van der Waals surface area (Å²) < 4.78 is 0. The molecule has 0 radical (unpaired) electrons. The van der Waals surface area contributed by atoms with Crippen LogP contribution in [0.4, 0.5) is 0 Å². The van der Waals surface area contributed by atoms with Gasteiger partial charge in [0, 0.05) is 23.7 Å². The SMILES string of the molecule is C1=CC2=CC=C3N=CC=CC3C2C=C1. The molecule has 2 unspecified atom stereocenters. The van der Waals surface area contributed by atoms with Gasteiger partial charge in [0.25, 0.3) is 0 Å². The summed E-state index contributed by atoms with van der Waals surface area (Å²) in [6.07, 6.45) is 19.1. The zero-order chi connectivity index (χ0) is 9.38. The summed E-state index contributed by atoms with van der Waals surface area (Å²) in [7, 11) is 0. The van der Waals surface area contributed by atoms with Crippen molar-refractivity contribution in [1.82, 2.24) is 0 Å². The summed E-state index contributed by atoms with van der Waals surface area (Å²) in [6, 6.07) is 0. The van der Waals surface area contributed by atoms with E-state index in [0.29, 0.717) is 11.8 Å². The van der Waals surface area contributed by atoms with Crippen molar-refractivity contribution in [3.8, 4) is 0 Å². The Morgan fingerprint density at radius 2 is 1.86 bits per heavy atom. The van der Waals surface area contributed by atoms with E-state index in [1.165, 1.54) is 11.3 Å². The maximum Gasteiger partial charge on any atom is 0.0481 e. The molecule has 0 amide bonds. The molecule has 0 bridgehead atoms. The van der Waals surface area contributed by atoms with E-state index in [2.05, 4.69) is 47.5 Å². The molecule has 14 heavy (non-hydrogen) atoms. The van der Waals surface area contributed by atoms with Gasteiger partial charge < -0.3 is 0 Å². The lowest BCUT2D eigenvalue weighted by molar-refractivity contribution is 0.598. The van der Waals surface area contributed by atoms with Crippen molar-refractivity contribution >= 4 is 6.21 Å². The van der Waals surface area contributed by atoms with Gasteiger partial charge in [0.15, 0.2) is 0 Å². The molecule has 0 N–H and O–H groups in total. The number of fused-ring (bicyclic) bond motifs is 3. The predicted molar refractivity (Wildman–Crippen MR) is 59.1 cm³/mol. The topological polar surface area (TPSA) is 12.4 Å². The van der Waals surface area contributed by atoms with Gasteiger partial charge in [-0.25, -0.2) is 0 Å². The molecule has 2 aliphatic carbocycles. The van der Waals surface area contributed by atoms with Crippen LogP contribution < -0.4 is 0 Å². The molecule has 0 spiro atoms. The van der Waals surface area contributed by atoms with Crippen LogP contribution in [0, 0.1) is 11.8 Å². The van der Waals surface area contributed by atoms with E-state index < -0.39 is 0 Å². The van der Waals surface area contributed by atoms with Gasteiger partial charge in [-0.05, 0) is 17.7 Å². The Hall–Kier alpha value is -1.63. The molecule has 2 atom stereocenters. The van der Waals surface area contributed by atoms with Gasteiger partial charge in [-0.2, -0.15) is 0 Å². The minimum atomic E-state index is 0.446. The molecule has 0 aromatic carbocycles. The molecule has 1 heteroatoms. The number of rotatable bonds is 0. The van der Waals surface area contributed by atoms with E-state index in [4.69, 9.17) is 0 Å². The van der Waals surface area contributed by atoms with Gasteiger partial charge >= 0.3 is 0 Å².